The summed E-state index contributed by atoms with van der Waals surface area (Å²) in [6, 6.07) is 0. The molecular formula is C20H18ClN3O10. The second kappa shape index (κ2) is 7.16. The number of aliphatic hydroxyl groups excluding tert-OH is 3. The number of carbonyl (C=O) groups is 3. The summed E-state index contributed by atoms with van der Waals surface area (Å²) in [5.41, 5.74) is 3.65. The van der Waals surface area contributed by atoms with E-state index in [1.54, 1.807) is 0 Å². The SMILES string of the molecule is C[C@@H]1c2c(c(O)c(N)c(Cl)c2[N+](=O)[O-])C(O)=C2C(=O)[C@]3(O)C(O)=C(C(N)=O)C(=O)C[C@@H]3[C@H](O)[C@@H]21. The van der Waals surface area contributed by atoms with Crippen molar-refractivity contribution in [3.05, 3.63) is 43.2 Å². The van der Waals surface area contributed by atoms with Crippen molar-refractivity contribution >= 4 is 46.2 Å². The molecule has 1 amide bonds. The maximum absolute atomic E-state index is 13.5. The van der Waals surface area contributed by atoms with Gasteiger partial charge in [-0.3, -0.25) is 24.5 Å². The molecule has 1 saturated carbocycles. The van der Waals surface area contributed by atoms with Gasteiger partial charge >= 0.3 is 0 Å². The van der Waals surface area contributed by atoms with Gasteiger partial charge in [0.1, 0.15) is 27.8 Å². The fourth-order valence-electron chi connectivity index (χ4n) is 5.34. The van der Waals surface area contributed by atoms with Gasteiger partial charge in [-0.15, -0.1) is 0 Å². The Morgan fingerprint density at radius 1 is 1.26 bits per heavy atom. The normalized spacial score (nSPS) is 30.6. The number of nitrogen functional groups attached to an aromatic ring is 1. The number of anilines is 1. The van der Waals surface area contributed by atoms with Crippen LogP contribution in [-0.4, -0.2) is 59.6 Å². The van der Waals surface area contributed by atoms with Crippen LogP contribution in [0.1, 0.15) is 30.4 Å². The van der Waals surface area contributed by atoms with E-state index in [0.717, 1.165) is 0 Å². The van der Waals surface area contributed by atoms with Gasteiger partial charge in [-0.05, 0) is 5.92 Å². The van der Waals surface area contributed by atoms with Crippen molar-refractivity contribution in [1.29, 1.82) is 0 Å². The van der Waals surface area contributed by atoms with E-state index < -0.39 is 109 Å². The van der Waals surface area contributed by atoms with Gasteiger partial charge in [-0.2, -0.15) is 0 Å². The molecule has 1 aromatic rings. The Hall–Kier alpha value is -3.68. The Morgan fingerprint density at radius 3 is 2.38 bits per heavy atom. The number of amides is 1. The van der Waals surface area contributed by atoms with Gasteiger partial charge in [-0.25, -0.2) is 0 Å². The molecule has 0 radical (unpaired) electrons. The highest BCUT2D eigenvalue weighted by Gasteiger charge is 2.65. The molecule has 14 heteroatoms. The van der Waals surface area contributed by atoms with Crippen molar-refractivity contribution < 1.29 is 44.8 Å². The van der Waals surface area contributed by atoms with Crippen molar-refractivity contribution in [1.82, 2.24) is 0 Å². The van der Waals surface area contributed by atoms with Crippen LogP contribution < -0.4 is 11.5 Å². The predicted octanol–water partition coefficient (Wildman–Crippen LogP) is 0.0995. The lowest BCUT2D eigenvalue weighted by Crippen LogP contribution is -2.63. The van der Waals surface area contributed by atoms with Crippen molar-refractivity contribution in [3.8, 4) is 5.75 Å². The van der Waals surface area contributed by atoms with Gasteiger partial charge in [0.2, 0.25) is 5.78 Å². The monoisotopic (exact) mass is 495 g/mol. The average Bonchev–Trinajstić information content (AvgIpc) is 2.74. The van der Waals surface area contributed by atoms with E-state index in [4.69, 9.17) is 23.1 Å². The number of phenolic OH excluding ortho intramolecular Hbond substituents is 1. The predicted molar refractivity (Wildman–Crippen MR) is 114 cm³/mol. The molecule has 0 heterocycles. The minimum Gasteiger partial charge on any atom is -0.508 e. The summed E-state index contributed by atoms with van der Waals surface area (Å²) in [6.07, 6.45) is -2.60. The van der Waals surface area contributed by atoms with E-state index in [2.05, 4.69) is 0 Å². The van der Waals surface area contributed by atoms with Gasteiger partial charge in [-0.1, -0.05) is 18.5 Å². The highest BCUT2D eigenvalue weighted by Crippen LogP contribution is 2.59. The van der Waals surface area contributed by atoms with E-state index in [0.29, 0.717) is 0 Å². The summed E-state index contributed by atoms with van der Waals surface area (Å²) >= 11 is 5.98. The number of carbonyl (C=O) groups excluding carboxylic acids is 3. The first kappa shape index (κ1) is 23.5. The van der Waals surface area contributed by atoms with Crippen LogP contribution in [0.3, 0.4) is 0 Å². The van der Waals surface area contributed by atoms with E-state index in [1.807, 2.05) is 0 Å². The fraction of sp³-hybridized carbons (Fsp3) is 0.350. The highest BCUT2D eigenvalue weighted by molar-refractivity contribution is 6.36. The lowest BCUT2D eigenvalue weighted by atomic mass is 9.55. The zero-order valence-electron chi connectivity index (χ0n) is 17.3. The minimum atomic E-state index is -3.02. The van der Waals surface area contributed by atoms with Gasteiger partial charge in [0, 0.05) is 29.4 Å². The summed E-state index contributed by atoms with van der Waals surface area (Å²) in [5.74, 6) is -11.4. The number of fused-ring (bicyclic) bond motifs is 3. The molecule has 0 saturated heterocycles. The molecule has 1 fully saturated rings. The Labute approximate surface area is 194 Å². The maximum atomic E-state index is 13.5. The molecule has 34 heavy (non-hydrogen) atoms. The number of benzene rings is 1. The molecule has 0 bridgehead atoms. The van der Waals surface area contributed by atoms with Crippen LogP contribution in [0.4, 0.5) is 11.4 Å². The molecule has 3 aliphatic rings. The quantitative estimate of drug-likeness (QED) is 0.0951. The number of halogens is 1. The minimum absolute atomic E-state index is 0.329. The highest BCUT2D eigenvalue weighted by atomic mass is 35.5. The number of nitro benzene ring substituents is 1. The number of hydrogen-bond acceptors (Lipinski definition) is 11. The third-order valence-electron chi connectivity index (χ3n) is 6.90. The summed E-state index contributed by atoms with van der Waals surface area (Å²) in [7, 11) is 0. The number of nitro groups is 1. The summed E-state index contributed by atoms with van der Waals surface area (Å²) in [6.45, 7) is 1.34. The zero-order valence-corrected chi connectivity index (χ0v) is 18.0. The molecule has 4 rings (SSSR count). The van der Waals surface area contributed by atoms with Crippen LogP contribution in [0.15, 0.2) is 16.9 Å². The van der Waals surface area contributed by atoms with Crippen molar-refractivity contribution in [2.24, 2.45) is 17.6 Å². The Morgan fingerprint density at radius 2 is 1.85 bits per heavy atom. The van der Waals surface area contributed by atoms with E-state index in [1.165, 1.54) is 6.92 Å². The van der Waals surface area contributed by atoms with Gasteiger partial charge in [0.05, 0.1) is 16.6 Å². The number of phenols is 1. The number of nitrogens with two attached hydrogens (primary N) is 2. The van der Waals surface area contributed by atoms with Crippen LogP contribution >= 0.6 is 11.6 Å². The average molecular weight is 496 g/mol. The number of hydrogen-bond donors (Lipinski definition) is 7. The lowest BCUT2D eigenvalue weighted by Gasteiger charge is -2.50. The smallest absolute Gasteiger partial charge is 0.294 e. The molecule has 0 spiro atoms. The van der Waals surface area contributed by atoms with E-state index >= 15 is 0 Å². The molecule has 13 nitrogen and oxygen atoms in total. The van der Waals surface area contributed by atoms with Gasteiger partial charge < -0.3 is 37.0 Å². The Bertz CT molecular complexity index is 1300. The molecule has 1 aromatic carbocycles. The number of rotatable bonds is 2. The van der Waals surface area contributed by atoms with Crippen LogP contribution in [-0.2, 0) is 14.4 Å². The van der Waals surface area contributed by atoms with Gasteiger partial charge in [0.15, 0.2) is 17.1 Å². The molecule has 0 unspecified atom stereocenters. The number of Topliss-reactive ketones (excluding diaryl/α,β-unsaturated/α-hetero) is 2. The Kier molecular flexibility index (Phi) is 4.94. The first-order valence-corrected chi connectivity index (χ1v) is 10.2. The number of aromatic hydroxyl groups is 1. The van der Waals surface area contributed by atoms with Crippen LogP contribution in [0.2, 0.25) is 5.02 Å². The standard InChI is InChI=1S/C20H18ClN3O10/c1-3-6-9(16(28)12(22)11(21)13(6)24(33)34)15(27)10-7(3)14(26)4-2-5(25)8(19(23)31)17(29)20(4,32)18(10)30/h3-4,7,14,26-29,32H,2,22H2,1H3,(H2,23,31)/t3-,4-,7-,14+,20-/m1/s1. The molecule has 0 aromatic heterocycles. The summed E-state index contributed by atoms with van der Waals surface area (Å²) < 4.78 is 0. The van der Waals surface area contributed by atoms with Crippen molar-refractivity contribution in [2.75, 3.05) is 5.73 Å². The van der Waals surface area contributed by atoms with E-state index in [-0.39, 0.29) is 5.56 Å². The molecule has 3 aliphatic carbocycles. The largest absolute Gasteiger partial charge is 0.508 e. The summed E-state index contributed by atoms with van der Waals surface area (Å²) in [5, 5.41) is 65.5. The second-order valence-electron chi connectivity index (χ2n) is 8.46. The molecule has 9 N–H and O–H groups in total. The number of aliphatic hydroxyl groups is 4. The van der Waals surface area contributed by atoms with E-state index in [9.17, 15) is 50.0 Å². The molecule has 180 valence electrons. The maximum Gasteiger partial charge on any atom is 0.294 e. The number of ketones is 2. The number of primary amides is 1. The topological polar surface area (TPSA) is 248 Å². The second-order valence-corrected chi connectivity index (χ2v) is 8.83. The molecule has 5 atom stereocenters. The Balaban J connectivity index is 2.10. The third-order valence-corrected chi connectivity index (χ3v) is 7.28. The third kappa shape index (κ3) is 2.59. The zero-order chi connectivity index (χ0) is 25.6. The lowest BCUT2D eigenvalue weighted by molar-refractivity contribution is -0.385. The van der Waals surface area contributed by atoms with Crippen molar-refractivity contribution in [3.63, 3.8) is 0 Å². The first-order valence-electron chi connectivity index (χ1n) is 9.83. The fourth-order valence-corrected chi connectivity index (χ4v) is 5.60. The van der Waals surface area contributed by atoms with Crippen LogP contribution in [0, 0.1) is 22.0 Å². The molecule has 0 aliphatic heterocycles. The van der Waals surface area contributed by atoms with Crippen molar-refractivity contribution in [2.45, 2.75) is 31.0 Å². The van der Waals surface area contributed by atoms with Crippen LogP contribution in [0.25, 0.3) is 5.76 Å². The molecular weight excluding hydrogens is 478 g/mol. The summed E-state index contributed by atoms with van der Waals surface area (Å²) in [4.78, 5) is 48.4. The number of nitrogens with zero attached hydrogens (tertiary/aromatic N) is 1. The first-order chi connectivity index (χ1) is 15.7. The van der Waals surface area contributed by atoms with Crippen LogP contribution in [0.5, 0.6) is 5.75 Å². The van der Waals surface area contributed by atoms with Gasteiger partial charge in [0.25, 0.3) is 11.6 Å².